The first-order valence-corrected chi connectivity index (χ1v) is 10.1. The summed E-state index contributed by atoms with van der Waals surface area (Å²) in [5.74, 6) is -1.07. The standard InChI is InChI=1S/C22H24F3N3O3/c23-22(24,25)17-13-16(28-21(30)19-7-4-12-31-19)8-9-18(17)27-14-20(29)26-11-10-15-5-2-1-3-6-15/h4-5,7-9,12-13,27H,1-3,6,10-11,14H2,(H,26,29)(H,28,30). The van der Waals surface area contributed by atoms with Gasteiger partial charge in [-0.1, -0.05) is 11.6 Å². The van der Waals surface area contributed by atoms with E-state index in [0.717, 1.165) is 31.7 Å². The van der Waals surface area contributed by atoms with Crippen LogP contribution in [0.3, 0.4) is 0 Å². The third kappa shape index (κ3) is 6.63. The Morgan fingerprint density at radius 3 is 2.65 bits per heavy atom. The Morgan fingerprint density at radius 2 is 1.97 bits per heavy atom. The third-order valence-corrected chi connectivity index (χ3v) is 4.92. The van der Waals surface area contributed by atoms with Gasteiger partial charge in [-0.3, -0.25) is 9.59 Å². The van der Waals surface area contributed by atoms with Gasteiger partial charge in [0.25, 0.3) is 5.91 Å². The third-order valence-electron chi connectivity index (χ3n) is 4.92. The monoisotopic (exact) mass is 435 g/mol. The van der Waals surface area contributed by atoms with Gasteiger partial charge in [0.05, 0.1) is 18.4 Å². The number of anilines is 2. The minimum Gasteiger partial charge on any atom is -0.459 e. The van der Waals surface area contributed by atoms with Crippen LogP contribution in [0.5, 0.6) is 0 Å². The van der Waals surface area contributed by atoms with Crippen molar-refractivity contribution in [3.8, 4) is 0 Å². The Bertz CT molecular complexity index is 937. The van der Waals surface area contributed by atoms with Crippen molar-refractivity contribution in [2.75, 3.05) is 23.7 Å². The zero-order chi connectivity index (χ0) is 22.3. The van der Waals surface area contributed by atoms with Gasteiger partial charge in [0.15, 0.2) is 5.76 Å². The summed E-state index contributed by atoms with van der Waals surface area (Å²) >= 11 is 0. The average Bonchev–Trinajstić information content (AvgIpc) is 3.28. The molecule has 0 fully saturated rings. The first-order valence-electron chi connectivity index (χ1n) is 10.1. The zero-order valence-corrected chi connectivity index (χ0v) is 16.8. The number of allylic oxidation sites excluding steroid dienone is 1. The molecule has 1 aromatic heterocycles. The van der Waals surface area contributed by atoms with Crippen LogP contribution in [-0.4, -0.2) is 24.9 Å². The number of furan rings is 1. The zero-order valence-electron chi connectivity index (χ0n) is 16.8. The summed E-state index contributed by atoms with van der Waals surface area (Å²) in [4.78, 5) is 24.0. The topological polar surface area (TPSA) is 83.4 Å². The normalized spacial score (nSPS) is 14.0. The summed E-state index contributed by atoms with van der Waals surface area (Å²) < 4.78 is 45.4. The Kier molecular flexibility index (Phi) is 7.38. The smallest absolute Gasteiger partial charge is 0.418 e. The minimum absolute atomic E-state index is 0.0172. The molecule has 1 aromatic carbocycles. The molecule has 0 saturated carbocycles. The van der Waals surface area contributed by atoms with Crippen LogP contribution in [0, 0.1) is 0 Å². The first-order chi connectivity index (χ1) is 14.8. The van der Waals surface area contributed by atoms with Crippen molar-refractivity contribution in [3.05, 3.63) is 59.6 Å². The van der Waals surface area contributed by atoms with E-state index in [0.29, 0.717) is 6.54 Å². The SMILES string of the molecule is O=C(CNc1ccc(NC(=O)c2ccco2)cc1C(F)(F)F)NCCC1=CCCCC1. The van der Waals surface area contributed by atoms with Gasteiger partial charge < -0.3 is 20.4 Å². The molecule has 0 atom stereocenters. The van der Waals surface area contributed by atoms with Gasteiger partial charge in [-0.25, -0.2) is 0 Å². The van der Waals surface area contributed by atoms with E-state index >= 15 is 0 Å². The van der Waals surface area contributed by atoms with E-state index in [1.54, 1.807) is 0 Å². The predicted octanol–water partition coefficient (Wildman–Crippen LogP) is 4.97. The summed E-state index contributed by atoms with van der Waals surface area (Å²) in [6.45, 7) is 0.163. The maximum atomic E-state index is 13.5. The lowest BCUT2D eigenvalue weighted by atomic mass is 9.97. The number of halogens is 3. The number of carbonyl (C=O) groups excluding carboxylic acids is 2. The van der Waals surface area contributed by atoms with Gasteiger partial charge >= 0.3 is 6.18 Å². The lowest BCUT2D eigenvalue weighted by Gasteiger charge is -2.16. The fourth-order valence-corrected chi connectivity index (χ4v) is 3.34. The highest BCUT2D eigenvalue weighted by atomic mass is 19.4. The molecule has 1 aliphatic carbocycles. The number of hydrogen-bond acceptors (Lipinski definition) is 4. The molecule has 3 rings (SSSR count). The van der Waals surface area contributed by atoms with E-state index in [2.05, 4.69) is 22.0 Å². The van der Waals surface area contributed by atoms with Crippen molar-refractivity contribution in [2.45, 2.75) is 38.3 Å². The second kappa shape index (κ2) is 10.2. The van der Waals surface area contributed by atoms with E-state index < -0.39 is 17.6 Å². The molecule has 3 N–H and O–H groups in total. The number of benzene rings is 1. The van der Waals surface area contributed by atoms with Crippen molar-refractivity contribution >= 4 is 23.2 Å². The second-order valence-corrected chi connectivity index (χ2v) is 7.25. The lowest BCUT2D eigenvalue weighted by molar-refractivity contribution is -0.137. The van der Waals surface area contributed by atoms with Crippen LogP contribution in [0.2, 0.25) is 0 Å². The minimum atomic E-state index is -4.67. The molecule has 0 bridgehead atoms. The van der Waals surface area contributed by atoms with E-state index in [-0.39, 0.29) is 29.6 Å². The fourth-order valence-electron chi connectivity index (χ4n) is 3.34. The van der Waals surface area contributed by atoms with Crippen molar-refractivity contribution < 1.29 is 27.2 Å². The van der Waals surface area contributed by atoms with Crippen molar-refractivity contribution in [1.29, 1.82) is 0 Å². The van der Waals surface area contributed by atoms with Crippen LogP contribution in [0.4, 0.5) is 24.5 Å². The van der Waals surface area contributed by atoms with Crippen molar-refractivity contribution in [3.63, 3.8) is 0 Å². The summed E-state index contributed by atoms with van der Waals surface area (Å²) in [5.41, 5.74) is 0.0501. The molecule has 9 heteroatoms. The maximum Gasteiger partial charge on any atom is 0.418 e. The average molecular weight is 435 g/mol. The van der Waals surface area contributed by atoms with Crippen LogP contribution < -0.4 is 16.0 Å². The Labute approximate surface area is 177 Å². The second-order valence-electron chi connectivity index (χ2n) is 7.25. The number of nitrogens with one attached hydrogen (secondary N) is 3. The fraction of sp³-hybridized carbons (Fsp3) is 0.364. The van der Waals surface area contributed by atoms with Crippen LogP contribution in [0.15, 0.2) is 52.7 Å². The van der Waals surface area contributed by atoms with E-state index in [4.69, 9.17) is 4.42 Å². The van der Waals surface area contributed by atoms with Gasteiger partial charge in [-0.2, -0.15) is 13.2 Å². The number of alkyl halides is 3. The van der Waals surface area contributed by atoms with Gasteiger partial charge in [0, 0.05) is 17.9 Å². The number of amides is 2. The van der Waals surface area contributed by atoms with Crippen LogP contribution in [-0.2, 0) is 11.0 Å². The maximum absolute atomic E-state index is 13.5. The van der Waals surface area contributed by atoms with Crippen LogP contribution in [0.1, 0.15) is 48.2 Å². The molecule has 0 radical (unpaired) electrons. The van der Waals surface area contributed by atoms with Gasteiger partial charge in [0.2, 0.25) is 5.91 Å². The number of carbonyl (C=O) groups is 2. The highest BCUT2D eigenvalue weighted by molar-refractivity contribution is 6.02. The number of hydrogen-bond donors (Lipinski definition) is 3. The summed E-state index contributed by atoms with van der Waals surface area (Å²) in [7, 11) is 0. The molecule has 0 spiro atoms. The van der Waals surface area contributed by atoms with Gasteiger partial charge in [-0.15, -0.1) is 0 Å². The molecule has 1 aliphatic rings. The molecule has 2 aromatic rings. The molecule has 31 heavy (non-hydrogen) atoms. The summed E-state index contributed by atoms with van der Waals surface area (Å²) in [6.07, 6.45) is 4.00. The molecule has 166 valence electrons. The first kappa shape index (κ1) is 22.5. The van der Waals surface area contributed by atoms with E-state index in [1.165, 1.54) is 42.5 Å². The quantitative estimate of drug-likeness (QED) is 0.512. The number of rotatable bonds is 8. The molecule has 6 nitrogen and oxygen atoms in total. The van der Waals surface area contributed by atoms with Crippen LogP contribution >= 0.6 is 0 Å². The molecular formula is C22H24F3N3O3. The van der Waals surface area contributed by atoms with E-state index in [9.17, 15) is 22.8 Å². The molecular weight excluding hydrogens is 411 g/mol. The van der Waals surface area contributed by atoms with Crippen molar-refractivity contribution in [2.24, 2.45) is 0 Å². The largest absolute Gasteiger partial charge is 0.459 e. The Morgan fingerprint density at radius 1 is 1.13 bits per heavy atom. The highest BCUT2D eigenvalue weighted by Gasteiger charge is 2.34. The molecule has 2 amide bonds. The highest BCUT2D eigenvalue weighted by Crippen LogP contribution is 2.36. The Hall–Kier alpha value is -3.23. The molecule has 0 aliphatic heterocycles. The van der Waals surface area contributed by atoms with Crippen molar-refractivity contribution in [1.82, 2.24) is 5.32 Å². The van der Waals surface area contributed by atoms with Crippen LogP contribution in [0.25, 0.3) is 0 Å². The van der Waals surface area contributed by atoms with Gasteiger partial charge in [0.1, 0.15) is 0 Å². The molecule has 0 saturated heterocycles. The lowest BCUT2D eigenvalue weighted by Crippen LogP contribution is -2.31. The molecule has 1 heterocycles. The van der Waals surface area contributed by atoms with E-state index in [1.807, 2.05) is 0 Å². The summed E-state index contributed by atoms with van der Waals surface area (Å²) in [5, 5.41) is 7.62. The Balaban J connectivity index is 1.57. The predicted molar refractivity (Wildman–Crippen MR) is 111 cm³/mol. The van der Waals surface area contributed by atoms with Gasteiger partial charge in [-0.05, 0) is 62.4 Å². The molecule has 0 unspecified atom stereocenters. The summed E-state index contributed by atoms with van der Waals surface area (Å²) in [6, 6.07) is 6.22.